The van der Waals surface area contributed by atoms with Crippen molar-refractivity contribution in [3.63, 3.8) is 0 Å². The minimum Gasteiger partial charge on any atom is -0.480 e. The summed E-state index contributed by atoms with van der Waals surface area (Å²) in [5.74, 6) is -1.67. The third-order valence-corrected chi connectivity index (χ3v) is 2.47. The van der Waals surface area contributed by atoms with E-state index in [9.17, 15) is 9.59 Å². The van der Waals surface area contributed by atoms with E-state index in [1.165, 1.54) is 6.20 Å². The van der Waals surface area contributed by atoms with Gasteiger partial charge >= 0.3 is 5.97 Å². The summed E-state index contributed by atoms with van der Waals surface area (Å²) < 4.78 is 3.52. The fourth-order valence-corrected chi connectivity index (χ4v) is 1.41. The predicted molar refractivity (Wildman–Crippen MR) is 53.6 cm³/mol. The third-order valence-electron chi connectivity index (χ3n) is 1.80. The van der Waals surface area contributed by atoms with E-state index in [4.69, 9.17) is 5.11 Å². The molecule has 1 rings (SSSR count). The van der Waals surface area contributed by atoms with Crippen LogP contribution in [0.15, 0.2) is 6.20 Å². The van der Waals surface area contributed by atoms with Gasteiger partial charge in [-0.15, -0.1) is 5.10 Å². The first-order valence-corrected chi connectivity index (χ1v) is 5.10. The number of hydrogen-bond donors (Lipinski definition) is 2. The van der Waals surface area contributed by atoms with Crippen molar-refractivity contribution in [2.45, 2.75) is 19.9 Å². The largest absolute Gasteiger partial charge is 0.480 e. The molecule has 6 nitrogen and oxygen atoms in total. The van der Waals surface area contributed by atoms with Gasteiger partial charge in [0.05, 0.1) is 6.20 Å². The molecule has 0 spiro atoms. The number of amides is 1. The maximum absolute atomic E-state index is 11.5. The van der Waals surface area contributed by atoms with E-state index in [1.54, 1.807) is 13.8 Å². The molecule has 0 saturated heterocycles. The van der Waals surface area contributed by atoms with Crippen LogP contribution >= 0.6 is 11.5 Å². The Morgan fingerprint density at radius 3 is 2.60 bits per heavy atom. The number of carboxylic acid groups (broad SMARTS) is 1. The summed E-state index contributed by atoms with van der Waals surface area (Å²) in [7, 11) is 0. The summed E-state index contributed by atoms with van der Waals surface area (Å²) in [4.78, 5) is 22.6. The Hall–Kier alpha value is -1.50. The minimum atomic E-state index is -1.05. The Bertz CT molecular complexity index is 350. The first-order chi connectivity index (χ1) is 7.02. The second-order valence-corrected chi connectivity index (χ2v) is 4.10. The molecule has 1 amide bonds. The van der Waals surface area contributed by atoms with Gasteiger partial charge in [-0.05, 0) is 17.5 Å². The molecule has 0 aromatic carbocycles. The molecule has 0 radical (unpaired) electrons. The van der Waals surface area contributed by atoms with E-state index >= 15 is 0 Å². The normalized spacial score (nSPS) is 12.5. The number of rotatable bonds is 4. The van der Waals surface area contributed by atoms with Crippen LogP contribution < -0.4 is 5.32 Å². The molecule has 0 saturated carbocycles. The van der Waals surface area contributed by atoms with Crippen molar-refractivity contribution in [1.82, 2.24) is 14.9 Å². The Morgan fingerprint density at radius 2 is 2.20 bits per heavy atom. The van der Waals surface area contributed by atoms with E-state index in [2.05, 4.69) is 14.9 Å². The smallest absolute Gasteiger partial charge is 0.326 e. The molecule has 0 fully saturated rings. The number of aliphatic carboxylic acids is 1. The van der Waals surface area contributed by atoms with Crippen molar-refractivity contribution in [2.24, 2.45) is 5.92 Å². The predicted octanol–water partition coefficient (Wildman–Crippen LogP) is 0.377. The first-order valence-electron chi connectivity index (χ1n) is 4.33. The zero-order chi connectivity index (χ0) is 11.4. The summed E-state index contributed by atoms with van der Waals surface area (Å²) in [6.45, 7) is 3.45. The fourth-order valence-electron chi connectivity index (χ4n) is 0.993. The second-order valence-electron chi connectivity index (χ2n) is 3.32. The van der Waals surface area contributed by atoms with Crippen LogP contribution in [0.3, 0.4) is 0 Å². The number of carbonyl (C=O) groups excluding carboxylic acids is 1. The highest BCUT2D eigenvalue weighted by Gasteiger charge is 2.24. The Morgan fingerprint density at radius 1 is 1.53 bits per heavy atom. The third kappa shape index (κ3) is 2.98. The summed E-state index contributed by atoms with van der Waals surface area (Å²) in [5, 5.41) is 14.8. The second kappa shape index (κ2) is 4.83. The van der Waals surface area contributed by atoms with Crippen LogP contribution in [0.4, 0.5) is 0 Å². The highest BCUT2D eigenvalue weighted by molar-refractivity contribution is 7.07. The molecular formula is C8H11N3O3S. The molecule has 0 unspecified atom stereocenters. The SMILES string of the molecule is CC(C)[C@@H](NC(=O)c1cnns1)C(=O)O. The zero-order valence-corrected chi connectivity index (χ0v) is 9.11. The molecule has 1 aromatic rings. The summed E-state index contributed by atoms with van der Waals surface area (Å²) in [6.07, 6.45) is 1.30. The van der Waals surface area contributed by atoms with Crippen molar-refractivity contribution in [3.8, 4) is 0 Å². The van der Waals surface area contributed by atoms with E-state index in [-0.39, 0.29) is 5.92 Å². The monoisotopic (exact) mass is 229 g/mol. The lowest BCUT2D eigenvalue weighted by atomic mass is 10.0. The quantitative estimate of drug-likeness (QED) is 0.778. The lowest BCUT2D eigenvalue weighted by Gasteiger charge is -2.16. The summed E-state index contributed by atoms with van der Waals surface area (Å²) >= 11 is 0.930. The number of aromatic nitrogens is 2. The maximum Gasteiger partial charge on any atom is 0.326 e. The lowest BCUT2D eigenvalue weighted by molar-refractivity contribution is -0.140. The highest BCUT2D eigenvalue weighted by atomic mass is 32.1. The number of hydrogen-bond acceptors (Lipinski definition) is 5. The van der Waals surface area contributed by atoms with Crippen LogP contribution in [-0.2, 0) is 4.79 Å². The zero-order valence-electron chi connectivity index (χ0n) is 8.30. The molecule has 2 N–H and O–H groups in total. The van der Waals surface area contributed by atoms with Crippen LogP contribution in [0, 0.1) is 5.92 Å². The van der Waals surface area contributed by atoms with Crippen LogP contribution in [0.1, 0.15) is 23.5 Å². The van der Waals surface area contributed by atoms with E-state index in [0.29, 0.717) is 4.88 Å². The highest BCUT2D eigenvalue weighted by Crippen LogP contribution is 2.06. The fraction of sp³-hybridized carbons (Fsp3) is 0.500. The number of nitrogens with zero attached hydrogens (tertiary/aromatic N) is 2. The Balaban J connectivity index is 2.67. The van der Waals surface area contributed by atoms with Gasteiger partial charge in [0.1, 0.15) is 10.9 Å². The summed E-state index contributed by atoms with van der Waals surface area (Å²) in [6, 6.07) is -0.889. The molecule has 0 aliphatic rings. The van der Waals surface area contributed by atoms with Crippen molar-refractivity contribution in [1.29, 1.82) is 0 Å². The van der Waals surface area contributed by atoms with E-state index < -0.39 is 17.9 Å². The van der Waals surface area contributed by atoms with Crippen LogP contribution in [0.5, 0.6) is 0 Å². The summed E-state index contributed by atoms with van der Waals surface area (Å²) in [5.41, 5.74) is 0. The van der Waals surface area contributed by atoms with Gasteiger partial charge in [-0.25, -0.2) is 4.79 Å². The van der Waals surface area contributed by atoms with E-state index in [1.807, 2.05) is 0 Å². The molecule has 15 heavy (non-hydrogen) atoms. The Labute approximate surface area is 90.5 Å². The topological polar surface area (TPSA) is 92.2 Å². The number of carboxylic acids is 1. The molecule has 0 aliphatic heterocycles. The van der Waals surface area contributed by atoms with Gasteiger partial charge in [0.2, 0.25) is 0 Å². The van der Waals surface area contributed by atoms with Gasteiger partial charge in [0.15, 0.2) is 0 Å². The van der Waals surface area contributed by atoms with Crippen LogP contribution in [-0.4, -0.2) is 32.6 Å². The molecule has 1 heterocycles. The first kappa shape index (κ1) is 11.6. The molecule has 82 valence electrons. The van der Waals surface area contributed by atoms with Crippen molar-refractivity contribution in [3.05, 3.63) is 11.1 Å². The van der Waals surface area contributed by atoms with Gasteiger partial charge in [0, 0.05) is 0 Å². The van der Waals surface area contributed by atoms with E-state index in [0.717, 1.165) is 11.5 Å². The molecule has 0 bridgehead atoms. The van der Waals surface area contributed by atoms with Gasteiger partial charge in [0.25, 0.3) is 5.91 Å². The molecular weight excluding hydrogens is 218 g/mol. The maximum atomic E-state index is 11.5. The Kier molecular flexibility index (Phi) is 3.73. The van der Waals surface area contributed by atoms with Gasteiger partial charge in [-0.1, -0.05) is 18.3 Å². The van der Waals surface area contributed by atoms with Crippen molar-refractivity contribution >= 4 is 23.4 Å². The molecule has 0 aliphatic carbocycles. The lowest BCUT2D eigenvalue weighted by Crippen LogP contribution is -2.44. The van der Waals surface area contributed by atoms with Crippen molar-refractivity contribution < 1.29 is 14.7 Å². The molecule has 1 atom stereocenters. The average Bonchev–Trinajstić information content (AvgIpc) is 2.65. The number of nitrogens with one attached hydrogen (secondary N) is 1. The van der Waals surface area contributed by atoms with Crippen LogP contribution in [0.2, 0.25) is 0 Å². The van der Waals surface area contributed by atoms with Gasteiger partial charge < -0.3 is 10.4 Å². The molecule has 1 aromatic heterocycles. The van der Waals surface area contributed by atoms with Gasteiger partial charge in [-0.2, -0.15) is 0 Å². The minimum absolute atomic E-state index is 0.174. The average molecular weight is 229 g/mol. The van der Waals surface area contributed by atoms with Crippen LogP contribution in [0.25, 0.3) is 0 Å². The molecule has 7 heteroatoms. The van der Waals surface area contributed by atoms with Gasteiger partial charge in [-0.3, -0.25) is 4.79 Å². The number of carbonyl (C=O) groups is 2. The standard InChI is InChI=1S/C8H11N3O3S/c1-4(2)6(8(13)14)10-7(12)5-3-9-11-15-5/h3-4,6H,1-2H3,(H,10,12)(H,13,14)/t6-/m1/s1. The van der Waals surface area contributed by atoms with Crippen molar-refractivity contribution in [2.75, 3.05) is 0 Å².